The van der Waals surface area contributed by atoms with Crippen molar-refractivity contribution in [1.29, 1.82) is 0 Å². The average molecular weight is 195 g/mol. The van der Waals surface area contributed by atoms with Crippen LogP contribution in [0.1, 0.15) is 17.2 Å². The fourth-order valence-corrected chi connectivity index (χ4v) is 1.16. The maximum absolute atomic E-state index is 10.4. The lowest BCUT2D eigenvalue weighted by molar-refractivity contribution is -0.448. The Bertz CT molecular complexity index is 321. The monoisotopic (exact) mass is 195 g/mol. The summed E-state index contributed by atoms with van der Waals surface area (Å²) in [7, 11) is 0. The van der Waals surface area contributed by atoms with Gasteiger partial charge in [0.15, 0.2) is 0 Å². The molecule has 4 N–H and O–H groups in total. The lowest BCUT2D eigenvalue weighted by atomic mass is 10.0. The van der Waals surface area contributed by atoms with Crippen LogP contribution < -0.4 is 10.8 Å². The number of hydrogen-bond acceptors (Lipinski definition) is 3. The summed E-state index contributed by atoms with van der Waals surface area (Å²) in [5.41, 5.74) is 5.35. The third-order valence-corrected chi connectivity index (χ3v) is 2.13. The molecule has 1 aromatic carbocycles. The van der Waals surface area contributed by atoms with Crippen LogP contribution in [0.4, 0.5) is 0 Å². The van der Waals surface area contributed by atoms with Crippen LogP contribution in [0.25, 0.3) is 0 Å². The molecule has 14 heavy (non-hydrogen) atoms. The predicted molar refractivity (Wildman–Crippen MR) is 47.8 cm³/mol. The fourth-order valence-electron chi connectivity index (χ4n) is 1.16. The second-order valence-electron chi connectivity index (χ2n) is 3.28. The van der Waals surface area contributed by atoms with E-state index in [9.17, 15) is 15.0 Å². The number of benzene rings is 1. The van der Waals surface area contributed by atoms with Crippen molar-refractivity contribution in [1.82, 2.24) is 0 Å². The van der Waals surface area contributed by atoms with E-state index in [-0.39, 0.29) is 0 Å². The number of carboxylic acids is 1. The van der Waals surface area contributed by atoms with E-state index in [4.69, 9.17) is 0 Å². The molecule has 0 aromatic heterocycles. The number of aryl methyl sites for hydroxylation is 1. The molecular weight excluding hydrogens is 182 g/mol. The van der Waals surface area contributed by atoms with E-state index in [2.05, 4.69) is 5.73 Å². The zero-order chi connectivity index (χ0) is 10.7. The molecule has 0 spiro atoms. The van der Waals surface area contributed by atoms with Crippen LogP contribution in [-0.2, 0) is 4.79 Å². The van der Waals surface area contributed by atoms with Crippen LogP contribution in [0.2, 0.25) is 0 Å². The molecule has 0 fully saturated rings. The summed E-state index contributed by atoms with van der Waals surface area (Å²) in [6.07, 6.45) is -1.56. The third-order valence-electron chi connectivity index (χ3n) is 2.13. The first kappa shape index (κ1) is 10.7. The molecule has 0 aliphatic rings. The second-order valence-corrected chi connectivity index (χ2v) is 3.28. The van der Waals surface area contributed by atoms with E-state index in [1.165, 1.54) is 0 Å². The number of carboxylic acid groups (broad SMARTS) is 1. The van der Waals surface area contributed by atoms with E-state index < -0.39 is 18.1 Å². The number of carbonyl (C=O) groups excluding carboxylic acids is 1. The smallest absolute Gasteiger partial charge is 0.149 e. The Labute approximate surface area is 82.0 Å². The van der Waals surface area contributed by atoms with Gasteiger partial charge in [-0.2, -0.15) is 0 Å². The number of aliphatic hydroxyl groups excluding tert-OH is 1. The molecule has 0 bridgehead atoms. The second kappa shape index (κ2) is 4.21. The van der Waals surface area contributed by atoms with Gasteiger partial charge in [-0.3, -0.25) is 0 Å². The largest absolute Gasteiger partial charge is 0.547 e. The normalized spacial score (nSPS) is 14.8. The van der Waals surface area contributed by atoms with Crippen molar-refractivity contribution in [3.05, 3.63) is 35.4 Å². The van der Waals surface area contributed by atoms with Crippen molar-refractivity contribution in [2.45, 2.75) is 19.1 Å². The number of rotatable bonds is 3. The lowest BCUT2D eigenvalue weighted by Gasteiger charge is -2.16. The molecule has 1 rings (SSSR count). The van der Waals surface area contributed by atoms with Crippen LogP contribution in [-0.4, -0.2) is 17.2 Å². The predicted octanol–water partition coefficient (Wildman–Crippen LogP) is -1.61. The first-order valence-corrected chi connectivity index (χ1v) is 4.31. The Balaban J connectivity index is 2.84. The quantitative estimate of drug-likeness (QED) is 0.608. The third kappa shape index (κ3) is 2.31. The number of carbonyl (C=O) groups is 1. The van der Waals surface area contributed by atoms with Gasteiger partial charge in [-0.1, -0.05) is 29.8 Å². The highest BCUT2D eigenvalue weighted by Gasteiger charge is 2.20. The number of aliphatic hydroxyl groups is 1. The van der Waals surface area contributed by atoms with Gasteiger partial charge in [0.1, 0.15) is 12.1 Å². The molecule has 0 saturated carbocycles. The summed E-state index contributed by atoms with van der Waals surface area (Å²) in [5.74, 6) is -1.49. The fraction of sp³-hybridized carbons (Fsp3) is 0.300. The molecule has 1 aromatic rings. The summed E-state index contributed by atoms with van der Waals surface area (Å²) in [6, 6.07) is 6.49. The number of aliphatic carboxylic acids is 1. The van der Waals surface area contributed by atoms with Gasteiger partial charge in [0.25, 0.3) is 0 Å². The molecule has 0 aliphatic carbocycles. The Hall–Kier alpha value is -1.39. The standard InChI is InChI=1S/C10H13NO3/c1-6-2-4-7(5-3-6)8(11)9(12)10(13)14/h2-5,8-9,12H,11H2,1H3,(H,13,14)/t8-,9-/m1/s1. The van der Waals surface area contributed by atoms with E-state index in [1.807, 2.05) is 19.1 Å². The van der Waals surface area contributed by atoms with Crippen LogP contribution >= 0.6 is 0 Å². The maximum Gasteiger partial charge on any atom is 0.149 e. The summed E-state index contributed by atoms with van der Waals surface area (Å²) in [4.78, 5) is 10.4. The highest BCUT2D eigenvalue weighted by Crippen LogP contribution is 2.12. The van der Waals surface area contributed by atoms with Crippen LogP contribution in [0.15, 0.2) is 24.3 Å². The molecular formula is C10H13NO3. The molecule has 0 aliphatic heterocycles. The van der Waals surface area contributed by atoms with Crippen molar-refractivity contribution in [2.24, 2.45) is 0 Å². The topological polar surface area (TPSA) is 88.0 Å². The van der Waals surface area contributed by atoms with Crippen molar-refractivity contribution in [2.75, 3.05) is 0 Å². The number of quaternary nitrogens is 1. The lowest BCUT2D eigenvalue weighted by Crippen LogP contribution is -2.62. The zero-order valence-electron chi connectivity index (χ0n) is 7.93. The Morgan fingerprint density at radius 3 is 2.36 bits per heavy atom. The first-order valence-electron chi connectivity index (χ1n) is 4.31. The van der Waals surface area contributed by atoms with Crippen molar-refractivity contribution >= 4 is 5.97 Å². The molecule has 2 atom stereocenters. The Kier molecular flexibility index (Phi) is 3.22. The molecule has 0 saturated heterocycles. The van der Waals surface area contributed by atoms with Crippen LogP contribution in [0.5, 0.6) is 0 Å². The van der Waals surface area contributed by atoms with Gasteiger partial charge in [-0.25, -0.2) is 0 Å². The first-order chi connectivity index (χ1) is 6.52. The Morgan fingerprint density at radius 1 is 1.43 bits per heavy atom. The summed E-state index contributed by atoms with van der Waals surface area (Å²) in [5, 5.41) is 19.6. The van der Waals surface area contributed by atoms with Crippen molar-refractivity contribution in [3.63, 3.8) is 0 Å². The minimum absolute atomic E-state index is 0.687. The van der Waals surface area contributed by atoms with Crippen LogP contribution in [0, 0.1) is 6.92 Å². The van der Waals surface area contributed by atoms with E-state index >= 15 is 0 Å². The average Bonchev–Trinajstić information content (AvgIpc) is 2.16. The summed E-state index contributed by atoms with van der Waals surface area (Å²) < 4.78 is 0. The highest BCUT2D eigenvalue weighted by atomic mass is 16.4. The number of hydrogen-bond donors (Lipinski definition) is 2. The molecule has 0 amide bonds. The van der Waals surface area contributed by atoms with Gasteiger partial charge >= 0.3 is 0 Å². The van der Waals surface area contributed by atoms with E-state index in [0.29, 0.717) is 5.56 Å². The molecule has 4 nitrogen and oxygen atoms in total. The molecule has 76 valence electrons. The van der Waals surface area contributed by atoms with Gasteiger partial charge in [0.05, 0.1) is 5.97 Å². The Morgan fingerprint density at radius 2 is 1.93 bits per heavy atom. The molecule has 0 radical (unpaired) electrons. The van der Waals surface area contributed by atoms with Crippen LogP contribution in [0.3, 0.4) is 0 Å². The zero-order valence-corrected chi connectivity index (χ0v) is 7.93. The highest BCUT2D eigenvalue weighted by molar-refractivity contribution is 5.70. The molecule has 4 heteroatoms. The van der Waals surface area contributed by atoms with E-state index in [1.54, 1.807) is 12.1 Å². The van der Waals surface area contributed by atoms with Gasteiger partial charge in [-0.15, -0.1) is 0 Å². The minimum atomic E-state index is -1.56. The van der Waals surface area contributed by atoms with Gasteiger partial charge in [0, 0.05) is 5.56 Å². The van der Waals surface area contributed by atoms with Crippen molar-refractivity contribution < 1.29 is 20.7 Å². The van der Waals surface area contributed by atoms with Crippen molar-refractivity contribution in [3.8, 4) is 0 Å². The van der Waals surface area contributed by atoms with E-state index in [0.717, 1.165) is 5.56 Å². The van der Waals surface area contributed by atoms with Gasteiger partial charge in [-0.05, 0) is 6.92 Å². The maximum atomic E-state index is 10.4. The van der Waals surface area contributed by atoms with Gasteiger partial charge in [0.2, 0.25) is 0 Å². The molecule has 0 unspecified atom stereocenters. The molecule has 0 heterocycles. The van der Waals surface area contributed by atoms with Gasteiger partial charge < -0.3 is 20.7 Å². The summed E-state index contributed by atoms with van der Waals surface area (Å²) >= 11 is 0. The summed E-state index contributed by atoms with van der Waals surface area (Å²) in [6.45, 7) is 1.93. The minimum Gasteiger partial charge on any atom is -0.547 e. The SMILES string of the molecule is Cc1ccc([C@@H]([NH3+])[C@@H](O)C(=O)[O-])cc1.